The molecular weight excluding hydrogens is 366 g/mol. The van der Waals surface area contributed by atoms with Gasteiger partial charge in [0.1, 0.15) is 5.75 Å². The lowest BCUT2D eigenvalue weighted by molar-refractivity contribution is -0.688. The molecule has 3 nitrogen and oxygen atoms in total. The van der Waals surface area contributed by atoms with E-state index in [2.05, 4.69) is 28.1 Å². The van der Waals surface area contributed by atoms with Crippen molar-refractivity contribution in [1.29, 1.82) is 0 Å². The number of methoxy groups -OCH3 is 1. The first-order valence-electron chi connectivity index (χ1n) is 7.58. The lowest BCUT2D eigenvalue weighted by Crippen LogP contribution is -2.33. The minimum atomic E-state index is 0.00782. The molecule has 24 heavy (non-hydrogen) atoms. The second kappa shape index (κ2) is 7.41. The molecule has 0 saturated heterocycles. The molecule has 4 heteroatoms. The summed E-state index contributed by atoms with van der Waals surface area (Å²) in [5.74, 6) is 0.750. The Morgan fingerprint density at radius 3 is 2.08 bits per heavy atom. The molecule has 0 unspecified atom stereocenters. The number of rotatable bonds is 5. The summed E-state index contributed by atoms with van der Waals surface area (Å²) < 4.78 is 8.23. The Kier molecular flexibility index (Phi) is 5.06. The normalized spacial score (nSPS) is 10.4. The second-order valence-electron chi connectivity index (χ2n) is 5.44. The fraction of sp³-hybridized carbons (Fsp3) is 0.100. The SMILES string of the molecule is COc1ccc(C(=O)c2cc[n+](Cc3ccc(Br)cc3)cc2)cc1. The Labute approximate surface area is 149 Å². The number of hydrogen-bond donors (Lipinski definition) is 0. The molecule has 1 aromatic heterocycles. The molecule has 0 spiro atoms. The van der Waals surface area contributed by atoms with Crippen molar-refractivity contribution in [2.75, 3.05) is 7.11 Å². The monoisotopic (exact) mass is 382 g/mol. The van der Waals surface area contributed by atoms with Crippen molar-refractivity contribution < 1.29 is 14.1 Å². The number of ketones is 1. The standard InChI is InChI=1S/C20H17BrNO2/c1-24-19-8-4-16(5-9-19)20(23)17-10-12-22(13-11-17)14-15-2-6-18(21)7-3-15/h2-13H,14H2,1H3/q+1. The molecule has 0 amide bonds. The number of ether oxygens (including phenoxy) is 1. The fourth-order valence-electron chi connectivity index (χ4n) is 2.42. The fourth-order valence-corrected chi connectivity index (χ4v) is 2.69. The van der Waals surface area contributed by atoms with Crippen molar-refractivity contribution in [3.05, 3.63) is 94.2 Å². The van der Waals surface area contributed by atoms with Gasteiger partial charge >= 0.3 is 0 Å². The highest BCUT2D eigenvalue weighted by Gasteiger charge is 2.11. The van der Waals surface area contributed by atoms with Crippen LogP contribution >= 0.6 is 15.9 Å². The van der Waals surface area contributed by atoms with E-state index in [1.807, 2.05) is 41.2 Å². The smallest absolute Gasteiger partial charge is 0.193 e. The molecule has 3 aromatic rings. The van der Waals surface area contributed by atoms with Gasteiger partial charge in [-0.15, -0.1) is 0 Å². The predicted octanol–water partition coefficient (Wildman–Crippen LogP) is 4.02. The molecule has 0 atom stereocenters. The van der Waals surface area contributed by atoms with Crippen LogP contribution in [0.3, 0.4) is 0 Å². The van der Waals surface area contributed by atoms with E-state index in [1.165, 1.54) is 5.56 Å². The summed E-state index contributed by atoms with van der Waals surface area (Å²) in [6, 6.07) is 19.1. The van der Waals surface area contributed by atoms with E-state index in [4.69, 9.17) is 4.74 Å². The molecule has 0 fully saturated rings. The summed E-state index contributed by atoms with van der Waals surface area (Å²) >= 11 is 3.44. The Hall–Kier alpha value is -2.46. The van der Waals surface area contributed by atoms with Crippen LogP contribution in [0.1, 0.15) is 21.5 Å². The van der Waals surface area contributed by atoms with Gasteiger partial charge in [-0.1, -0.05) is 28.1 Å². The maximum Gasteiger partial charge on any atom is 0.193 e. The molecular formula is C20H17BrNO2+. The van der Waals surface area contributed by atoms with Gasteiger partial charge in [-0.05, 0) is 36.4 Å². The van der Waals surface area contributed by atoms with E-state index >= 15 is 0 Å². The second-order valence-corrected chi connectivity index (χ2v) is 6.36. The lowest BCUT2D eigenvalue weighted by Gasteiger charge is -2.03. The lowest BCUT2D eigenvalue weighted by atomic mass is 10.0. The molecule has 0 saturated carbocycles. The average Bonchev–Trinajstić information content (AvgIpc) is 2.64. The zero-order chi connectivity index (χ0) is 16.9. The van der Waals surface area contributed by atoms with Gasteiger partial charge in [0.05, 0.1) is 7.11 Å². The topological polar surface area (TPSA) is 30.2 Å². The minimum Gasteiger partial charge on any atom is -0.497 e. The van der Waals surface area contributed by atoms with E-state index < -0.39 is 0 Å². The van der Waals surface area contributed by atoms with Crippen LogP contribution in [-0.4, -0.2) is 12.9 Å². The molecule has 0 radical (unpaired) electrons. The number of aromatic nitrogens is 1. The van der Waals surface area contributed by atoms with Crippen LogP contribution in [0.4, 0.5) is 0 Å². The van der Waals surface area contributed by atoms with E-state index in [0.717, 1.165) is 16.8 Å². The van der Waals surface area contributed by atoms with Crippen LogP contribution in [-0.2, 0) is 6.54 Å². The van der Waals surface area contributed by atoms with Gasteiger partial charge < -0.3 is 4.74 Å². The largest absolute Gasteiger partial charge is 0.497 e. The van der Waals surface area contributed by atoms with E-state index in [-0.39, 0.29) is 5.78 Å². The predicted molar refractivity (Wildman–Crippen MR) is 96.3 cm³/mol. The van der Waals surface area contributed by atoms with Crippen molar-refractivity contribution in [3.8, 4) is 5.75 Å². The first kappa shape index (κ1) is 16.4. The van der Waals surface area contributed by atoms with Gasteiger partial charge in [0.2, 0.25) is 0 Å². The van der Waals surface area contributed by atoms with Crippen LogP contribution in [0, 0.1) is 0 Å². The number of benzene rings is 2. The third-order valence-electron chi connectivity index (χ3n) is 3.78. The minimum absolute atomic E-state index is 0.00782. The van der Waals surface area contributed by atoms with Crippen LogP contribution < -0.4 is 9.30 Å². The molecule has 0 bridgehead atoms. The van der Waals surface area contributed by atoms with Crippen molar-refractivity contribution in [2.24, 2.45) is 0 Å². The summed E-state index contributed by atoms with van der Waals surface area (Å²) in [6.45, 7) is 0.768. The summed E-state index contributed by atoms with van der Waals surface area (Å²) in [5, 5.41) is 0. The highest BCUT2D eigenvalue weighted by molar-refractivity contribution is 9.10. The first-order chi connectivity index (χ1) is 11.7. The van der Waals surface area contributed by atoms with Gasteiger partial charge in [-0.3, -0.25) is 4.79 Å². The highest BCUT2D eigenvalue weighted by Crippen LogP contribution is 2.15. The Morgan fingerprint density at radius 1 is 0.917 bits per heavy atom. The van der Waals surface area contributed by atoms with Gasteiger partial charge in [-0.2, -0.15) is 0 Å². The first-order valence-corrected chi connectivity index (χ1v) is 8.37. The summed E-state index contributed by atoms with van der Waals surface area (Å²) in [6.07, 6.45) is 3.86. The molecule has 0 aliphatic heterocycles. The number of pyridine rings is 1. The van der Waals surface area contributed by atoms with Crippen molar-refractivity contribution >= 4 is 21.7 Å². The van der Waals surface area contributed by atoms with Crippen molar-refractivity contribution in [3.63, 3.8) is 0 Å². The Bertz CT molecular complexity index is 825. The summed E-state index contributed by atoms with van der Waals surface area (Å²) in [7, 11) is 1.61. The molecule has 120 valence electrons. The molecule has 0 N–H and O–H groups in total. The van der Waals surface area contributed by atoms with Crippen LogP contribution in [0.2, 0.25) is 0 Å². The number of carbonyl (C=O) groups excluding carboxylic acids is 1. The van der Waals surface area contributed by atoms with Crippen molar-refractivity contribution in [1.82, 2.24) is 0 Å². The molecule has 2 aromatic carbocycles. The van der Waals surface area contributed by atoms with Crippen LogP contribution in [0.5, 0.6) is 5.75 Å². The summed E-state index contributed by atoms with van der Waals surface area (Å²) in [4.78, 5) is 12.5. The summed E-state index contributed by atoms with van der Waals surface area (Å²) in [5.41, 5.74) is 2.53. The van der Waals surface area contributed by atoms with Gasteiger partial charge in [0, 0.05) is 33.3 Å². The van der Waals surface area contributed by atoms with Crippen molar-refractivity contribution in [2.45, 2.75) is 6.54 Å². The quantitative estimate of drug-likeness (QED) is 0.492. The maximum absolute atomic E-state index is 12.5. The average molecular weight is 383 g/mol. The molecule has 3 rings (SSSR count). The zero-order valence-corrected chi connectivity index (χ0v) is 14.9. The molecule has 1 heterocycles. The van der Waals surface area contributed by atoms with E-state index in [1.54, 1.807) is 31.4 Å². The van der Waals surface area contributed by atoms with Gasteiger partial charge in [-0.25, -0.2) is 4.57 Å². The number of carbonyl (C=O) groups is 1. The maximum atomic E-state index is 12.5. The number of halogens is 1. The zero-order valence-electron chi connectivity index (χ0n) is 13.3. The third-order valence-corrected chi connectivity index (χ3v) is 4.31. The van der Waals surface area contributed by atoms with Gasteiger partial charge in [0.15, 0.2) is 24.7 Å². The highest BCUT2D eigenvalue weighted by atomic mass is 79.9. The molecule has 0 aliphatic carbocycles. The number of hydrogen-bond acceptors (Lipinski definition) is 2. The molecule has 0 aliphatic rings. The van der Waals surface area contributed by atoms with Crippen LogP contribution in [0.15, 0.2) is 77.5 Å². The van der Waals surface area contributed by atoms with Crippen LogP contribution in [0.25, 0.3) is 0 Å². The number of nitrogens with zero attached hydrogens (tertiary/aromatic N) is 1. The Morgan fingerprint density at radius 2 is 1.50 bits per heavy atom. The van der Waals surface area contributed by atoms with Gasteiger partial charge in [0.25, 0.3) is 0 Å². The Balaban J connectivity index is 1.73. The third kappa shape index (κ3) is 3.89. The van der Waals surface area contributed by atoms with E-state index in [9.17, 15) is 4.79 Å². The van der Waals surface area contributed by atoms with E-state index in [0.29, 0.717) is 11.1 Å².